The van der Waals surface area contributed by atoms with Crippen molar-refractivity contribution in [2.45, 2.75) is 52.2 Å². The molecule has 7 heteroatoms. The molecule has 1 heterocycles. The summed E-state index contributed by atoms with van der Waals surface area (Å²) >= 11 is 5.87. The van der Waals surface area contributed by atoms with Crippen LogP contribution >= 0.6 is 11.6 Å². The summed E-state index contributed by atoms with van der Waals surface area (Å²) in [6.07, 6.45) is 0. The first-order chi connectivity index (χ1) is 15.8. The van der Waals surface area contributed by atoms with Crippen LogP contribution < -0.4 is 5.32 Å². The number of nitrogens with one attached hydrogen (secondary N) is 1. The Kier molecular flexibility index (Phi) is 11.4. The molecule has 6 nitrogen and oxygen atoms in total. The minimum absolute atomic E-state index is 0.0135. The molecule has 0 aromatic heterocycles. The standard InChI is InChI=1S/C13H18ClNO2.C13H17NO2/c1-3-17-13(16)12(14)9-15-8-11-6-4-5-10(2)7-11;1-3-16-13(15)12-9-14(12)8-11-6-4-5-10(2)7-11/h4-7,12,15H,3,8-9H2,1-2H3;4-7,12H,3,8-9H2,1-2H3. The molecular formula is C26H35ClN2O4. The number of esters is 2. The summed E-state index contributed by atoms with van der Waals surface area (Å²) in [6.45, 7) is 11.3. The lowest BCUT2D eigenvalue weighted by molar-refractivity contribution is -0.144. The smallest absolute Gasteiger partial charge is 0.325 e. The molecule has 1 saturated heterocycles. The molecule has 0 saturated carbocycles. The molecule has 3 rings (SSSR count). The Labute approximate surface area is 202 Å². The van der Waals surface area contributed by atoms with Crippen molar-refractivity contribution in [2.75, 3.05) is 26.3 Å². The average molecular weight is 475 g/mol. The number of nitrogens with zero attached hydrogens (tertiary/aromatic N) is 1. The summed E-state index contributed by atoms with van der Waals surface area (Å²) in [5.41, 5.74) is 4.91. The number of hydrogen-bond donors (Lipinski definition) is 1. The average Bonchev–Trinajstić information content (AvgIpc) is 3.54. The summed E-state index contributed by atoms with van der Waals surface area (Å²) in [5.74, 6) is -0.457. The third-order valence-corrected chi connectivity index (χ3v) is 5.35. The van der Waals surface area contributed by atoms with E-state index in [1.807, 2.05) is 38.1 Å². The molecule has 33 heavy (non-hydrogen) atoms. The van der Waals surface area contributed by atoms with Crippen LogP contribution in [-0.2, 0) is 32.2 Å². The van der Waals surface area contributed by atoms with E-state index in [9.17, 15) is 9.59 Å². The number of ether oxygens (including phenoxy) is 2. The van der Waals surface area contributed by atoms with E-state index in [0.29, 0.717) is 26.3 Å². The van der Waals surface area contributed by atoms with Gasteiger partial charge in [0.25, 0.3) is 0 Å². The minimum Gasteiger partial charge on any atom is -0.465 e. The van der Waals surface area contributed by atoms with E-state index in [-0.39, 0.29) is 18.0 Å². The lowest BCUT2D eigenvalue weighted by atomic mass is 10.1. The van der Waals surface area contributed by atoms with Crippen molar-refractivity contribution in [2.24, 2.45) is 0 Å². The van der Waals surface area contributed by atoms with Crippen LogP contribution in [0, 0.1) is 13.8 Å². The summed E-state index contributed by atoms with van der Waals surface area (Å²) < 4.78 is 9.79. The zero-order valence-corrected chi connectivity index (χ0v) is 20.7. The molecule has 3 atom stereocenters. The van der Waals surface area contributed by atoms with Crippen LogP contribution in [0.1, 0.15) is 36.1 Å². The van der Waals surface area contributed by atoms with Crippen molar-refractivity contribution >= 4 is 23.5 Å². The normalized spacial score (nSPS) is 17.4. The van der Waals surface area contributed by atoms with Gasteiger partial charge >= 0.3 is 11.9 Å². The number of hydrogen-bond acceptors (Lipinski definition) is 6. The van der Waals surface area contributed by atoms with E-state index < -0.39 is 5.38 Å². The van der Waals surface area contributed by atoms with Gasteiger partial charge in [0, 0.05) is 26.2 Å². The maximum Gasteiger partial charge on any atom is 0.325 e. The molecule has 0 aliphatic carbocycles. The largest absolute Gasteiger partial charge is 0.465 e. The highest BCUT2D eigenvalue weighted by Gasteiger charge is 2.41. The number of halogens is 1. The van der Waals surface area contributed by atoms with Gasteiger partial charge in [-0.15, -0.1) is 11.6 Å². The molecule has 180 valence electrons. The van der Waals surface area contributed by atoms with E-state index >= 15 is 0 Å². The Hall–Kier alpha value is -2.41. The second-order valence-corrected chi connectivity index (χ2v) is 8.55. The Morgan fingerprint density at radius 2 is 1.64 bits per heavy atom. The van der Waals surface area contributed by atoms with E-state index in [1.54, 1.807) is 6.92 Å². The third-order valence-electron chi connectivity index (χ3n) is 5.02. The first-order valence-electron chi connectivity index (χ1n) is 11.4. The molecule has 2 aromatic rings. The predicted molar refractivity (Wildman–Crippen MR) is 131 cm³/mol. The summed E-state index contributed by atoms with van der Waals surface area (Å²) in [4.78, 5) is 24.8. The summed E-state index contributed by atoms with van der Waals surface area (Å²) in [7, 11) is 0. The van der Waals surface area contributed by atoms with Gasteiger partial charge in [-0.2, -0.15) is 0 Å². The number of alkyl halides is 1. The second-order valence-electron chi connectivity index (χ2n) is 8.03. The topological polar surface area (TPSA) is 67.6 Å². The zero-order valence-electron chi connectivity index (χ0n) is 20.0. The molecule has 0 amide bonds. The monoisotopic (exact) mass is 474 g/mol. The molecule has 0 bridgehead atoms. The summed E-state index contributed by atoms with van der Waals surface area (Å²) in [5, 5.41) is 2.51. The molecule has 1 fully saturated rings. The first-order valence-corrected chi connectivity index (χ1v) is 11.8. The lowest BCUT2D eigenvalue weighted by Crippen LogP contribution is -2.30. The van der Waals surface area contributed by atoms with Crippen molar-refractivity contribution in [1.82, 2.24) is 10.2 Å². The SMILES string of the molecule is CCOC(=O)C(Cl)CNCc1cccc(C)c1.CCOC(=O)C1CN1Cc1cccc(C)c1. The molecule has 1 aliphatic rings. The van der Waals surface area contributed by atoms with Gasteiger partial charge in [0.2, 0.25) is 0 Å². The van der Waals surface area contributed by atoms with Crippen LogP contribution in [0.5, 0.6) is 0 Å². The molecule has 3 unspecified atom stereocenters. The van der Waals surface area contributed by atoms with E-state index in [4.69, 9.17) is 21.1 Å². The third kappa shape index (κ3) is 9.95. The van der Waals surface area contributed by atoms with Crippen molar-refractivity contribution < 1.29 is 19.1 Å². The highest BCUT2D eigenvalue weighted by Crippen LogP contribution is 2.22. The molecule has 0 radical (unpaired) electrons. The van der Waals surface area contributed by atoms with Crippen LogP contribution in [0.15, 0.2) is 48.5 Å². The van der Waals surface area contributed by atoms with Gasteiger partial charge in [-0.05, 0) is 38.8 Å². The maximum absolute atomic E-state index is 11.4. The van der Waals surface area contributed by atoms with Crippen molar-refractivity contribution in [1.29, 1.82) is 0 Å². The quantitative estimate of drug-likeness (QED) is 0.319. The fraction of sp³-hybridized carbons (Fsp3) is 0.462. The highest BCUT2D eigenvalue weighted by atomic mass is 35.5. The van der Waals surface area contributed by atoms with E-state index in [1.165, 1.54) is 22.3 Å². The number of aryl methyl sites for hydroxylation is 2. The first kappa shape index (κ1) is 26.8. The second kappa shape index (κ2) is 14.0. The molecule has 1 N–H and O–H groups in total. The highest BCUT2D eigenvalue weighted by molar-refractivity contribution is 6.30. The zero-order chi connectivity index (χ0) is 24.2. The lowest BCUT2D eigenvalue weighted by Gasteiger charge is -2.10. The number of benzene rings is 2. The van der Waals surface area contributed by atoms with Crippen LogP contribution in [0.2, 0.25) is 0 Å². The fourth-order valence-electron chi connectivity index (χ4n) is 3.34. The van der Waals surface area contributed by atoms with Gasteiger partial charge in [-0.1, -0.05) is 59.7 Å². The Balaban J connectivity index is 0.000000234. The number of carbonyl (C=O) groups excluding carboxylic acids is 2. The Morgan fingerprint density at radius 1 is 1.03 bits per heavy atom. The van der Waals surface area contributed by atoms with Gasteiger partial charge in [0.05, 0.1) is 13.2 Å². The minimum atomic E-state index is -0.625. The van der Waals surface area contributed by atoms with Crippen molar-refractivity contribution in [3.8, 4) is 0 Å². The molecule has 2 aromatic carbocycles. The Morgan fingerprint density at radius 3 is 2.24 bits per heavy atom. The van der Waals surface area contributed by atoms with Gasteiger partial charge in [0.1, 0.15) is 11.4 Å². The van der Waals surface area contributed by atoms with Gasteiger partial charge in [-0.25, -0.2) is 0 Å². The summed E-state index contributed by atoms with van der Waals surface area (Å²) in [6, 6.07) is 16.5. The molecule has 0 spiro atoms. The van der Waals surface area contributed by atoms with Crippen molar-refractivity contribution in [3.63, 3.8) is 0 Å². The van der Waals surface area contributed by atoms with Gasteiger partial charge < -0.3 is 14.8 Å². The van der Waals surface area contributed by atoms with Gasteiger partial charge in [0.15, 0.2) is 0 Å². The van der Waals surface area contributed by atoms with E-state index in [2.05, 4.69) is 41.4 Å². The number of carbonyl (C=O) groups is 2. The Bertz CT molecular complexity index is 905. The molecular weight excluding hydrogens is 440 g/mol. The van der Waals surface area contributed by atoms with Crippen LogP contribution in [0.4, 0.5) is 0 Å². The fourth-order valence-corrected chi connectivity index (χ4v) is 3.51. The van der Waals surface area contributed by atoms with Crippen molar-refractivity contribution in [3.05, 3.63) is 70.8 Å². The maximum atomic E-state index is 11.4. The van der Waals surface area contributed by atoms with Gasteiger partial charge in [-0.3, -0.25) is 14.5 Å². The van der Waals surface area contributed by atoms with Crippen LogP contribution in [0.25, 0.3) is 0 Å². The number of rotatable bonds is 10. The van der Waals surface area contributed by atoms with Crippen LogP contribution in [-0.4, -0.2) is 54.6 Å². The van der Waals surface area contributed by atoms with E-state index in [0.717, 1.165) is 13.1 Å². The predicted octanol–water partition coefficient (Wildman–Crippen LogP) is 4.00. The molecule has 1 aliphatic heterocycles. The van der Waals surface area contributed by atoms with Crippen LogP contribution in [0.3, 0.4) is 0 Å².